The normalized spacial score (nSPS) is 10.9. The van der Waals surface area contributed by atoms with Crippen molar-refractivity contribution < 1.29 is 14.3 Å². The van der Waals surface area contributed by atoms with Crippen LogP contribution >= 0.6 is 22.6 Å². The third kappa shape index (κ3) is 3.97. The van der Waals surface area contributed by atoms with E-state index in [1.54, 1.807) is 32.9 Å². The molecule has 0 aliphatic carbocycles. The summed E-state index contributed by atoms with van der Waals surface area (Å²) in [7, 11) is 0. The molecule has 0 fully saturated rings. The molecule has 98 valence electrons. The van der Waals surface area contributed by atoms with Gasteiger partial charge in [-0.15, -0.1) is 0 Å². The molecule has 0 atom stereocenters. The van der Waals surface area contributed by atoms with Gasteiger partial charge < -0.3 is 4.74 Å². The van der Waals surface area contributed by atoms with Crippen LogP contribution in [0.3, 0.4) is 0 Å². The average Bonchev–Trinajstić information content (AvgIpc) is 2.17. The van der Waals surface area contributed by atoms with Crippen molar-refractivity contribution in [3.8, 4) is 0 Å². The van der Waals surface area contributed by atoms with Crippen LogP contribution in [0.2, 0.25) is 0 Å². The molecule has 0 heterocycles. The molecule has 0 saturated carbocycles. The van der Waals surface area contributed by atoms with E-state index in [1.807, 2.05) is 12.1 Å². The van der Waals surface area contributed by atoms with E-state index in [-0.39, 0.29) is 5.91 Å². The number of carbonyl (C=O) groups excluding carboxylic acids is 2. The van der Waals surface area contributed by atoms with E-state index < -0.39 is 11.7 Å². The lowest BCUT2D eigenvalue weighted by Gasteiger charge is -2.26. The van der Waals surface area contributed by atoms with Crippen molar-refractivity contribution in [1.29, 1.82) is 0 Å². The SMILES string of the molecule is CC(=O)N(C(=O)OC(C)(C)C)c1ccccc1I. The van der Waals surface area contributed by atoms with Crippen LogP contribution in [-0.4, -0.2) is 17.6 Å². The Hall–Kier alpha value is -1.11. The molecule has 1 rings (SSSR count). The molecule has 0 spiro atoms. The predicted octanol–water partition coefficient (Wildman–Crippen LogP) is 3.58. The predicted molar refractivity (Wildman–Crippen MR) is 78.6 cm³/mol. The highest BCUT2D eigenvalue weighted by Crippen LogP contribution is 2.24. The topological polar surface area (TPSA) is 46.6 Å². The van der Waals surface area contributed by atoms with Gasteiger partial charge in [0.2, 0.25) is 5.91 Å². The maximum atomic E-state index is 12.0. The minimum Gasteiger partial charge on any atom is -0.443 e. The zero-order valence-electron chi connectivity index (χ0n) is 10.9. The minimum absolute atomic E-state index is 0.367. The van der Waals surface area contributed by atoms with Crippen molar-refractivity contribution in [3.05, 3.63) is 27.8 Å². The second-order valence-electron chi connectivity index (χ2n) is 4.79. The summed E-state index contributed by atoms with van der Waals surface area (Å²) >= 11 is 2.08. The zero-order chi connectivity index (χ0) is 13.9. The Morgan fingerprint density at radius 1 is 1.22 bits per heavy atom. The minimum atomic E-state index is -0.654. The lowest BCUT2D eigenvalue weighted by molar-refractivity contribution is -0.116. The van der Waals surface area contributed by atoms with Crippen molar-refractivity contribution in [2.45, 2.75) is 33.3 Å². The first-order valence-corrected chi connectivity index (χ1v) is 6.58. The number of amides is 2. The van der Waals surface area contributed by atoms with E-state index in [4.69, 9.17) is 4.74 Å². The molecule has 4 nitrogen and oxygen atoms in total. The number of nitrogens with zero attached hydrogens (tertiary/aromatic N) is 1. The standard InChI is InChI=1S/C13H16INO3/c1-9(16)15(12(17)18-13(2,3)4)11-8-6-5-7-10(11)14/h5-8H,1-4H3. The van der Waals surface area contributed by atoms with Gasteiger partial charge in [0.25, 0.3) is 0 Å². The van der Waals surface area contributed by atoms with Gasteiger partial charge in [0, 0.05) is 10.5 Å². The summed E-state index contributed by atoms with van der Waals surface area (Å²) in [5, 5.41) is 0. The fourth-order valence-corrected chi connectivity index (χ4v) is 1.97. The third-order valence-electron chi connectivity index (χ3n) is 1.98. The van der Waals surface area contributed by atoms with E-state index in [2.05, 4.69) is 22.6 Å². The number of anilines is 1. The number of rotatable bonds is 1. The lowest BCUT2D eigenvalue weighted by Crippen LogP contribution is -2.40. The van der Waals surface area contributed by atoms with Gasteiger partial charge in [-0.2, -0.15) is 0 Å². The number of para-hydroxylation sites is 1. The summed E-state index contributed by atoms with van der Waals surface area (Å²) in [5.74, 6) is -0.367. The molecule has 0 aliphatic rings. The first kappa shape index (κ1) is 14.9. The first-order chi connectivity index (χ1) is 8.22. The number of hydrogen-bond acceptors (Lipinski definition) is 3. The number of carbonyl (C=O) groups is 2. The molecule has 0 aliphatic heterocycles. The molecule has 1 aromatic rings. The molecule has 5 heteroatoms. The van der Waals surface area contributed by atoms with Crippen molar-refractivity contribution in [2.75, 3.05) is 4.90 Å². The number of benzene rings is 1. The molecular formula is C13H16INO3. The second kappa shape index (κ2) is 5.69. The summed E-state index contributed by atoms with van der Waals surface area (Å²) in [6, 6.07) is 7.17. The van der Waals surface area contributed by atoms with Gasteiger partial charge in [0.15, 0.2) is 0 Å². The Morgan fingerprint density at radius 2 is 1.78 bits per heavy atom. The number of hydrogen-bond donors (Lipinski definition) is 0. The van der Waals surface area contributed by atoms with Crippen LogP contribution < -0.4 is 4.90 Å². The van der Waals surface area contributed by atoms with Crippen LogP contribution in [0.15, 0.2) is 24.3 Å². The van der Waals surface area contributed by atoms with Gasteiger partial charge in [-0.25, -0.2) is 9.69 Å². The van der Waals surface area contributed by atoms with Gasteiger partial charge in [0.05, 0.1) is 5.69 Å². The quantitative estimate of drug-likeness (QED) is 0.719. The molecule has 0 radical (unpaired) electrons. The van der Waals surface area contributed by atoms with Crippen molar-refractivity contribution >= 4 is 40.3 Å². The summed E-state index contributed by atoms with van der Waals surface area (Å²) in [6.07, 6.45) is -0.654. The maximum Gasteiger partial charge on any atom is 0.421 e. The largest absolute Gasteiger partial charge is 0.443 e. The summed E-state index contributed by atoms with van der Waals surface area (Å²) < 4.78 is 6.05. The fraction of sp³-hybridized carbons (Fsp3) is 0.385. The average molecular weight is 361 g/mol. The van der Waals surface area contributed by atoms with Crippen molar-refractivity contribution in [3.63, 3.8) is 0 Å². The highest BCUT2D eigenvalue weighted by atomic mass is 127. The molecule has 1 aromatic carbocycles. The molecule has 2 amide bonds. The van der Waals surface area contributed by atoms with Gasteiger partial charge in [-0.1, -0.05) is 12.1 Å². The van der Waals surface area contributed by atoms with Gasteiger partial charge >= 0.3 is 6.09 Å². The van der Waals surface area contributed by atoms with Crippen molar-refractivity contribution in [2.24, 2.45) is 0 Å². The summed E-state index contributed by atoms with van der Waals surface area (Å²) in [6.45, 7) is 6.63. The van der Waals surface area contributed by atoms with Crippen LogP contribution in [0.5, 0.6) is 0 Å². The van der Waals surface area contributed by atoms with Crippen LogP contribution in [-0.2, 0) is 9.53 Å². The Balaban J connectivity index is 3.09. The Labute approximate surface area is 120 Å². The van der Waals surface area contributed by atoms with E-state index in [0.29, 0.717) is 5.69 Å². The van der Waals surface area contributed by atoms with Gasteiger partial charge in [-0.05, 0) is 55.5 Å². The highest BCUT2D eigenvalue weighted by molar-refractivity contribution is 14.1. The number of ether oxygens (including phenoxy) is 1. The van der Waals surface area contributed by atoms with E-state index >= 15 is 0 Å². The van der Waals surface area contributed by atoms with Gasteiger partial charge in [0.1, 0.15) is 5.60 Å². The fourth-order valence-electron chi connectivity index (χ4n) is 1.34. The van der Waals surface area contributed by atoms with E-state index in [0.717, 1.165) is 8.47 Å². The molecular weight excluding hydrogens is 345 g/mol. The molecule has 0 N–H and O–H groups in total. The van der Waals surface area contributed by atoms with Crippen molar-refractivity contribution in [1.82, 2.24) is 0 Å². The van der Waals surface area contributed by atoms with E-state index in [9.17, 15) is 9.59 Å². The summed E-state index contributed by atoms with van der Waals surface area (Å²) in [4.78, 5) is 24.7. The molecule has 18 heavy (non-hydrogen) atoms. The van der Waals surface area contributed by atoms with Crippen LogP contribution in [0.25, 0.3) is 0 Å². The second-order valence-corrected chi connectivity index (χ2v) is 5.95. The first-order valence-electron chi connectivity index (χ1n) is 5.50. The Bertz CT molecular complexity index is 466. The highest BCUT2D eigenvalue weighted by Gasteiger charge is 2.27. The lowest BCUT2D eigenvalue weighted by atomic mass is 10.2. The zero-order valence-corrected chi connectivity index (χ0v) is 13.0. The Kier molecular flexibility index (Phi) is 4.72. The number of imide groups is 1. The monoisotopic (exact) mass is 361 g/mol. The van der Waals surface area contributed by atoms with Crippen LogP contribution in [0, 0.1) is 3.57 Å². The van der Waals surface area contributed by atoms with Gasteiger partial charge in [-0.3, -0.25) is 4.79 Å². The van der Waals surface area contributed by atoms with Crippen LogP contribution in [0.4, 0.5) is 10.5 Å². The maximum absolute atomic E-state index is 12.0. The summed E-state index contributed by atoms with van der Waals surface area (Å²) in [5.41, 5.74) is -0.0924. The molecule has 0 aromatic heterocycles. The third-order valence-corrected chi connectivity index (χ3v) is 2.90. The molecule has 0 saturated heterocycles. The molecule has 0 unspecified atom stereocenters. The Morgan fingerprint density at radius 3 is 2.22 bits per heavy atom. The molecule has 0 bridgehead atoms. The van der Waals surface area contributed by atoms with E-state index in [1.165, 1.54) is 6.92 Å². The smallest absolute Gasteiger partial charge is 0.421 e. The number of halogens is 1. The van der Waals surface area contributed by atoms with Crippen LogP contribution in [0.1, 0.15) is 27.7 Å².